The number of fused-ring (bicyclic) bond motifs is 1. The minimum atomic E-state index is -3.09. The molecule has 1 amide bonds. The molecule has 0 saturated carbocycles. The topological polar surface area (TPSA) is 66.8 Å². The molecule has 2 aromatic rings. The van der Waals surface area contributed by atoms with Crippen molar-refractivity contribution in [3.63, 3.8) is 0 Å². The van der Waals surface area contributed by atoms with E-state index in [0.717, 1.165) is 40.8 Å². The first kappa shape index (κ1) is 22.1. The van der Waals surface area contributed by atoms with Crippen LogP contribution in [0.15, 0.2) is 47.5 Å². The highest BCUT2D eigenvalue weighted by Gasteiger charge is 2.50. The number of carbonyl (C=O) groups excluding carboxylic acids is 1. The van der Waals surface area contributed by atoms with Crippen LogP contribution in [-0.4, -0.2) is 42.3 Å². The Labute approximate surface area is 188 Å². The zero-order chi connectivity index (χ0) is 22.2. The monoisotopic (exact) mass is 456 g/mol. The van der Waals surface area contributed by atoms with Crippen molar-refractivity contribution < 1.29 is 13.2 Å². The molecular formula is C24H28N2O3S2. The lowest BCUT2D eigenvalue weighted by molar-refractivity contribution is -0.117. The number of benzene rings is 2. The van der Waals surface area contributed by atoms with E-state index < -0.39 is 9.84 Å². The van der Waals surface area contributed by atoms with E-state index in [0.29, 0.717) is 5.17 Å². The van der Waals surface area contributed by atoms with Gasteiger partial charge in [0.05, 0.1) is 24.0 Å². The zero-order valence-corrected chi connectivity index (χ0v) is 19.8. The molecule has 4 rings (SSSR count). The lowest BCUT2D eigenvalue weighted by Gasteiger charge is -2.29. The van der Waals surface area contributed by atoms with Gasteiger partial charge >= 0.3 is 0 Å². The predicted molar refractivity (Wildman–Crippen MR) is 129 cm³/mol. The van der Waals surface area contributed by atoms with Crippen LogP contribution in [0, 0.1) is 6.92 Å². The molecule has 2 aliphatic rings. The van der Waals surface area contributed by atoms with E-state index in [9.17, 15) is 13.2 Å². The Kier molecular flexibility index (Phi) is 6.26. The van der Waals surface area contributed by atoms with Crippen molar-refractivity contribution in [3.8, 4) is 0 Å². The first-order chi connectivity index (χ1) is 14.8. The van der Waals surface area contributed by atoms with Crippen molar-refractivity contribution in [2.24, 2.45) is 4.99 Å². The van der Waals surface area contributed by atoms with Gasteiger partial charge in [-0.3, -0.25) is 4.79 Å². The normalized spacial score (nSPS) is 23.3. The highest BCUT2D eigenvalue weighted by atomic mass is 32.2. The van der Waals surface area contributed by atoms with Gasteiger partial charge in [-0.15, -0.1) is 0 Å². The summed E-state index contributed by atoms with van der Waals surface area (Å²) in [6.45, 7) is 6.22. The van der Waals surface area contributed by atoms with Crippen LogP contribution in [0.1, 0.15) is 36.1 Å². The third-order valence-corrected chi connectivity index (χ3v) is 9.18. The second-order valence-electron chi connectivity index (χ2n) is 8.25. The number of rotatable bonds is 5. The Bertz CT molecular complexity index is 1100. The predicted octanol–water partition coefficient (Wildman–Crippen LogP) is 3.96. The number of thioether (sulfide) groups is 1. The molecule has 0 spiro atoms. The number of hydrogen-bond acceptors (Lipinski definition) is 4. The Morgan fingerprint density at radius 2 is 1.71 bits per heavy atom. The quantitative estimate of drug-likeness (QED) is 0.681. The summed E-state index contributed by atoms with van der Waals surface area (Å²) in [6, 6.07) is 13.9. The second-order valence-corrected chi connectivity index (χ2v) is 11.6. The standard InChI is InChI=1S/C24H28N2O3S2/c1-4-18-7-6-8-19(5-2)23(18)26-20-14-31(28,29)15-21(20)30-24(26)25-22(27)13-17-11-9-16(3)10-12-17/h6-12,20-21H,4-5,13-15H2,1-3H3/t20-,21-/m0/s1. The first-order valence-corrected chi connectivity index (χ1v) is 13.5. The van der Waals surface area contributed by atoms with Gasteiger partial charge in [-0.1, -0.05) is 73.6 Å². The SMILES string of the molecule is CCc1cccc(CC)c1N1C(=NC(=O)Cc2ccc(C)cc2)S[C@H]2CS(=O)(=O)C[C@@H]21. The summed E-state index contributed by atoms with van der Waals surface area (Å²) in [5, 5.41) is 0.545. The molecule has 2 aliphatic heterocycles. The molecular weight excluding hydrogens is 428 g/mol. The van der Waals surface area contributed by atoms with E-state index >= 15 is 0 Å². The number of hydrogen-bond donors (Lipinski definition) is 0. The van der Waals surface area contributed by atoms with Crippen molar-refractivity contribution >= 4 is 38.4 Å². The van der Waals surface area contributed by atoms with Crippen molar-refractivity contribution in [1.29, 1.82) is 0 Å². The number of amides is 1. The fourth-order valence-electron chi connectivity index (χ4n) is 4.38. The van der Waals surface area contributed by atoms with E-state index in [1.54, 1.807) is 0 Å². The molecule has 5 nitrogen and oxygen atoms in total. The maximum Gasteiger partial charge on any atom is 0.252 e. The number of para-hydroxylation sites is 1. The summed E-state index contributed by atoms with van der Waals surface area (Å²) in [6.07, 6.45) is 1.90. The van der Waals surface area contributed by atoms with Crippen LogP contribution in [-0.2, 0) is 33.9 Å². The van der Waals surface area contributed by atoms with Crippen LogP contribution in [0.3, 0.4) is 0 Å². The van der Waals surface area contributed by atoms with Gasteiger partial charge in [0.25, 0.3) is 5.91 Å². The largest absolute Gasteiger partial charge is 0.315 e. The molecule has 0 unspecified atom stereocenters. The number of aliphatic imine (C=N–C) groups is 1. The van der Waals surface area contributed by atoms with Gasteiger partial charge < -0.3 is 4.90 Å². The summed E-state index contributed by atoms with van der Waals surface area (Å²) in [5.41, 5.74) is 5.43. The minimum Gasteiger partial charge on any atom is -0.315 e. The number of sulfone groups is 1. The van der Waals surface area contributed by atoms with E-state index in [1.165, 1.54) is 11.8 Å². The molecule has 7 heteroatoms. The maximum atomic E-state index is 12.8. The summed E-state index contributed by atoms with van der Waals surface area (Å²) in [7, 11) is -3.09. The van der Waals surface area contributed by atoms with Crippen LogP contribution in [0.5, 0.6) is 0 Å². The third kappa shape index (κ3) is 4.58. The Balaban J connectivity index is 1.73. The number of aryl methyl sites for hydroxylation is 3. The van der Waals surface area contributed by atoms with Crippen molar-refractivity contribution in [1.82, 2.24) is 0 Å². The molecule has 0 N–H and O–H groups in total. The minimum absolute atomic E-state index is 0.0921. The number of nitrogens with zero attached hydrogens (tertiary/aromatic N) is 2. The van der Waals surface area contributed by atoms with E-state index in [4.69, 9.17) is 0 Å². The van der Waals surface area contributed by atoms with Crippen LogP contribution in [0.25, 0.3) is 0 Å². The van der Waals surface area contributed by atoms with Crippen LogP contribution >= 0.6 is 11.8 Å². The molecule has 2 fully saturated rings. The van der Waals surface area contributed by atoms with Crippen LogP contribution < -0.4 is 4.90 Å². The van der Waals surface area contributed by atoms with Gasteiger partial charge in [-0.25, -0.2) is 8.42 Å². The van der Waals surface area contributed by atoms with Crippen LogP contribution in [0.4, 0.5) is 5.69 Å². The molecule has 2 heterocycles. The molecule has 0 aliphatic carbocycles. The summed E-state index contributed by atoms with van der Waals surface area (Å²) in [4.78, 5) is 19.4. The molecule has 2 aromatic carbocycles. The van der Waals surface area contributed by atoms with Gasteiger partial charge in [0.15, 0.2) is 15.0 Å². The molecule has 31 heavy (non-hydrogen) atoms. The molecule has 0 radical (unpaired) electrons. The number of amidine groups is 1. The van der Waals surface area contributed by atoms with Crippen molar-refractivity contribution in [3.05, 3.63) is 64.7 Å². The third-order valence-electron chi connectivity index (χ3n) is 5.97. The van der Waals surface area contributed by atoms with E-state index in [1.807, 2.05) is 37.3 Å². The molecule has 2 atom stereocenters. The molecule has 0 aromatic heterocycles. The smallest absolute Gasteiger partial charge is 0.252 e. The van der Waals surface area contributed by atoms with Crippen molar-refractivity contribution in [2.45, 2.75) is 51.3 Å². The Morgan fingerprint density at radius 1 is 1.06 bits per heavy atom. The van der Waals surface area contributed by atoms with Gasteiger partial charge in [0, 0.05) is 10.9 Å². The fourth-order valence-corrected chi connectivity index (χ4v) is 8.29. The highest BCUT2D eigenvalue weighted by Crippen LogP contribution is 2.43. The number of anilines is 1. The Hall–Kier alpha value is -2.12. The summed E-state index contributed by atoms with van der Waals surface area (Å²) in [5.74, 6) is 0.0442. The summed E-state index contributed by atoms with van der Waals surface area (Å²) < 4.78 is 24.8. The first-order valence-electron chi connectivity index (χ1n) is 10.8. The van der Waals surface area contributed by atoms with Gasteiger partial charge in [-0.05, 0) is 36.5 Å². The molecule has 0 bridgehead atoms. The summed E-state index contributed by atoms with van der Waals surface area (Å²) >= 11 is 1.44. The maximum absolute atomic E-state index is 12.8. The molecule has 2 saturated heterocycles. The average Bonchev–Trinajstić information content (AvgIpc) is 3.19. The lowest BCUT2D eigenvalue weighted by Crippen LogP contribution is -2.39. The average molecular weight is 457 g/mol. The van der Waals surface area contributed by atoms with E-state index in [2.05, 4.69) is 35.9 Å². The molecule has 164 valence electrons. The zero-order valence-electron chi connectivity index (χ0n) is 18.2. The fraction of sp³-hybridized carbons (Fsp3) is 0.417. The van der Waals surface area contributed by atoms with Gasteiger partial charge in [-0.2, -0.15) is 4.99 Å². The van der Waals surface area contributed by atoms with Gasteiger partial charge in [0.2, 0.25) is 0 Å². The Morgan fingerprint density at radius 3 is 2.32 bits per heavy atom. The van der Waals surface area contributed by atoms with Gasteiger partial charge in [0.1, 0.15) is 0 Å². The van der Waals surface area contributed by atoms with E-state index in [-0.39, 0.29) is 35.1 Å². The highest BCUT2D eigenvalue weighted by molar-refractivity contribution is 8.16. The van der Waals surface area contributed by atoms with Crippen LogP contribution in [0.2, 0.25) is 0 Å². The number of carbonyl (C=O) groups is 1. The second kappa shape index (κ2) is 8.79. The van der Waals surface area contributed by atoms with Crippen molar-refractivity contribution in [2.75, 3.05) is 16.4 Å². The lowest BCUT2D eigenvalue weighted by atomic mass is 10.0.